The molecular weight excluding hydrogens is 446 g/mol. The van der Waals surface area contributed by atoms with Gasteiger partial charge in [0.15, 0.2) is 5.13 Å². The molecule has 0 aliphatic carbocycles. The van der Waals surface area contributed by atoms with E-state index in [1.807, 2.05) is 0 Å². The summed E-state index contributed by atoms with van der Waals surface area (Å²) >= 11 is 0.719. The van der Waals surface area contributed by atoms with E-state index >= 15 is 0 Å². The third-order valence-corrected chi connectivity index (χ3v) is 4.54. The molecule has 2 rings (SSSR count). The first-order valence-electron chi connectivity index (χ1n) is 9.22. The number of thiazole rings is 1. The predicted octanol–water partition coefficient (Wildman–Crippen LogP) is 2.11. The Morgan fingerprint density at radius 2 is 1.97 bits per heavy atom. The Hall–Kier alpha value is -3.62. The first-order valence-corrected chi connectivity index (χ1v) is 10.0. The van der Waals surface area contributed by atoms with Crippen molar-refractivity contribution in [3.8, 4) is 0 Å². The number of nitrogens with two attached hydrogens (primary N) is 1. The summed E-state index contributed by atoms with van der Waals surface area (Å²) in [6.07, 6.45) is -0.693. The minimum absolute atomic E-state index is 0.0158. The number of rotatable bonds is 12. The van der Waals surface area contributed by atoms with Gasteiger partial charge in [0.05, 0.1) is 42.4 Å². The van der Waals surface area contributed by atoms with Gasteiger partial charge in [-0.1, -0.05) is 12.1 Å². The molecule has 32 heavy (non-hydrogen) atoms. The first-order chi connectivity index (χ1) is 15.3. The summed E-state index contributed by atoms with van der Waals surface area (Å²) in [6, 6.07) is 6.30. The first kappa shape index (κ1) is 24.6. The molecular formula is C18H21N5O8S. The van der Waals surface area contributed by atoms with Crippen molar-refractivity contribution in [1.82, 2.24) is 4.98 Å². The number of hydrogen-bond acceptors (Lipinski definition) is 10. The van der Waals surface area contributed by atoms with Crippen LogP contribution in [-0.2, 0) is 19.0 Å². The second-order valence-corrected chi connectivity index (χ2v) is 7.06. The van der Waals surface area contributed by atoms with Crippen LogP contribution in [0.5, 0.6) is 0 Å². The molecule has 4 N–H and O–H groups in total. The van der Waals surface area contributed by atoms with E-state index < -0.39 is 23.2 Å². The van der Waals surface area contributed by atoms with Crippen LogP contribution in [0.4, 0.5) is 20.6 Å². The SMILES string of the molecule is CC(OCCOCCC(=O)Nc1ccccc1C(=O)Nc1ncc([N+](=O)[O-])s1)OC(N)=O. The van der Waals surface area contributed by atoms with Crippen molar-refractivity contribution in [1.29, 1.82) is 0 Å². The number of hydrogen-bond donors (Lipinski definition) is 3. The van der Waals surface area contributed by atoms with Crippen molar-refractivity contribution in [2.24, 2.45) is 5.73 Å². The molecule has 2 aromatic rings. The van der Waals surface area contributed by atoms with Gasteiger partial charge in [0.1, 0.15) is 6.20 Å². The monoisotopic (exact) mass is 467 g/mol. The molecule has 3 amide bonds. The third-order valence-electron chi connectivity index (χ3n) is 3.68. The van der Waals surface area contributed by atoms with Crippen LogP contribution in [0, 0.1) is 10.1 Å². The molecule has 1 unspecified atom stereocenters. The lowest BCUT2D eigenvalue weighted by Crippen LogP contribution is -2.24. The van der Waals surface area contributed by atoms with Crippen LogP contribution in [0.25, 0.3) is 0 Å². The van der Waals surface area contributed by atoms with E-state index in [0.717, 1.165) is 17.5 Å². The van der Waals surface area contributed by atoms with Gasteiger partial charge in [-0.15, -0.1) is 0 Å². The highest BCUT2D eigenvalue weighted by molar-refractivity contribution is 7.18. The maximum absolute atomic E-state index is 12.5. The summed E-state index contributed by atoms with van der Waals surface area (Å²) in [4.78, 5) is 49.1. The second-order valence-electron chi connectivity index (χ2n) is 6.05. The molecule has 14 heteroatoms. The van der Waals surface area contributed by atoms with Crippen molar-refractivity contribution >= 4 is 45.1 Å². The van der Waals surface area contributed by atoms with Crippen LogP contribution in [0.2, 0.25) is 0 Å². The van der Waals surface area contributed by atoms with Gasteiger partial charge in [0.2, 0.25) is 12.2 Å². The number of ether oxygens (including phenoxy) is 3. The number of benzene rings is 1. The van der Waals surface area contributed by atoms with Crippen LogP contribution >= 0.6 is 11.3 Å². The molecule has 1 heterocycles. The van der Waals surface area contributed by atoms with Crippen LogP contribution in [-0.4, -0.2) is 53.9 Å². The van der Waals surface area contributed by atoms with Crippen molar-refractivity contribution in [2.75, 3.05) is 30.5 Å². The highest BCUT2D eigenvalue weighted by atomic mass is 32.1. The minimum Gasteiger partial charge on any atom is -0.420 e. The normalized spacial score (nSPS) is 11.4. The Morgan fingerprint density at radius 3 is 2.66 bits per heavy atom. The van der Waals surface area contributed by atoms with Crippen LogP contribution in [0.3, 0.4) is 0 Å². The van der Waals surface area contributed by atoms with Gasteiger partial charge >= 0.3 is 11.1 Å². The molecule has 1 aromatic carbocycles. The second kappa shape index (κ2) is 12.3. The molecule has 0 spiro atoms. The molecule has 0 saturated carbocycles. The fourth-order valence-electron chi connectivity index (χ4n) is 2.31. The zero-order chi connectivity index (χ0) is 23.5. The number of nitrogens with zero attached hydrogens (tertiary/aromatic N) is 2. The lowest BCUT2D eigenvalue weighted by atomic mass is 10.1. The third kappa shape index (κ3) is 8.25. The fourth-order valence-corrected chi connectivity index (χ4v) is 2.94. The standard InChI is InChI=1S/C18H21N5O8S/c1-11(31-17(19)26)30-9-8-29-7-6-14(24)21-13-5-3-2-4-12(13)16(25)22-18-20-10-15(32-18)23(27)28/h2-5,10-11H,6-9H2,1H3,(H2,19,26)(H,21,24)(H,20,22,25). The number of nitrogens with one attached hydrogen (secondary N) is 2. The Bertz CT molecular complexity index is 966. The highest BCUT2D eigenvalue weighted by Crippen LogP contribution is 2.26. The molecule has 1 atom stereocenters. The van der Waals surface area contributed by atoms with Crippen LogP contribution in [0.1, 0.15) is 23.7 Å². The Morgan fingerprint density at radius 1 is 1.22 bits per heavy atom. The Kier molecular flexibility index (Phi) is 9.46. The quantitative estimate of drug-likeness (QED) is 0.182. The van der Waals surface area contributed by atoms with Crippen molar-refractivity contribution in [2.45, 2.75) is 19.6 Å². The van der Waals surface area contributed by atoms with Gasteiger partial charge in [-0.05, 0) is 30.4 Å². The number of aromatic nitrogens is 1. The average Bonchev–Trinajstić information content (AvgIpc) is 3.19. The summed E-state index contributed by atoms with van der Waals surface area (Å²) in [7, 11) is 0. The molecule has 0 bridgehead atoms. The highest BCUT2D eigenvalue weighted by Gasteiger charge is 2.17. The molecule has 0 fully saturated rings. The maximum Gasteiger partial charge on any atom is 0.406 e. The van der Waals surface area contributed by atoms with Crippen LogP contribution in [0.15, 0.2) is 30.5 Å². The van der Waals surface area contributed by atoms with Crippen LogP contribution < -0.4 is 16.4 Å². The number of nitro groups is 1. The lowest BCUT2D eigenvalue weighted by Gasteiger charge is -2.12. The Balaban J connectivity index is 1.79. The largest absolute Gasteiger partial charge is 0.420 e. The molecule has 0 aliphatic heterocycles. The molecule has 0 aliphatic rings. The summed E-state index contributed by atoms with van der Waals surface area (Å²) in [6.45, 7) is 1.89. The van der Waals surface area contributed by atoms with Gasteiger partial charge in [-0.25, -0.2) is 9.78 Å². The number of carbonyl (C=O) groups excluding carboxylic acids is 3. The van der Waals surface area contributed by atoms with Crippen molar-refractivity contribution in [3.63, 3.8) is 0 Å². The van der Waals surface area contributed by atoms with E-state index in [1.165, 1.54) is 13.0 Å². The predicted molar refractivity (Wildman–Crippen MR) is 113 cm³/mol. The number of carbonyl (C=O) groups is 3. The molecule has 13 nitrogen and oxygen atoms in total. The van der Waals surface area contributed by atoms with Gasteiger partial charge in [-0.2, -0.15) is 0 Å². The number of para-hydroxylation sites is 1. The van der Waals surface area contributed by atoms with E-state index in [1.54, 1.807) is 18.2 Å². The van der Waals surface area contributed by atoms with E-state index in [0.29, 0.717) is 0 Å². The molecule has 1 aromatic heterocycles. The topological polar surface area (TPSA) is 185 Å². The van der Waals surface area contributed by atoms with Crippen molar-refractivity contribution in [3.05, 3.63) is 46.1 Å². The molecule has 0 radical (unpaired) electrons. The van der Waals surface area contributed by atoms with E-state index in [-0.39, 0.29) is 53.5 Å². The smallest absolute Gasteiger partial charge is 0.406 e. The summed E-state index contributed by atoms with van der Waals surface area (Å²) in [5.74, 6) is -0.965. The van der Waals surface area contributed by atoms with Gasteiger partial charge in [0, 0.05) is 0 Å². The maximum atomic E-state index is 12.5. The van der Waals surface area contributed by atoms with E-state index in [4.69, 9.17) is 15.2 Å². The summed E-state index contributed by atoms with van der Waals surface area (Å²) in [5, 5.41) is 15.7. The zero-order valence-corrected chi connectivity index (χ0v) is 17.8. The van der Waals surface area contributed by atoms with Gasteiger partial charge < -0.3 is 25.3 Å². The Labute approximate surface area is 186 Å². The molecule has 0 saturated heterocycles. The van der Waals surface area contributed by atoms with Crippen molar-refractivity contribution < 1.29 is 33.5 Å². The number of anilines is 2. The summed E-state index contributed by atoms with van der Waals surface area (Å²) < 4.78 is 15.0. The zero-order valence-electron chi connectivity index (χ0n) is 16.9. The fraction of sp³-hybridized carbons (Fsp3) is 0.333. The average molecular weight is 467 g/mol. The minimum atomic E-state index is -0.947. The number of primary amides is 1. The molecule has 172 valence electrons. The van der Waals surface area contributed by atoms with E-state index in [9.17, 15) is 24.5 Å². The lowest BCUT2D eigenvalue weighted by molar-refractivity contribution is -0.380. The van der Waals surface area contributed by atoms with E-state index in [2.05, 4.69) is 20.4 Å². The summed E-state index contributed by atoms with van der Waals surface area (Å²) in [5.41, 5.74) is 5.28. The van der Waals surface area contributed by atoms with Gasteiger partial charge in [-0.3, -0.25) is 25.0 Å². The number of amides is 3. The van der Waals surface area contributed by atoms with Gasteiger partial charge in [0.25, 0.3) is 5.91 Å².